The van der Waals surface area contributed by atoms with Gasteiger partial charge in [-0.25, -0.2) is 0 Å². The molecule has 3 nitrogen and oxygen atoms in total. The number of halogens is 3. The highest BCUT2D eigenvalue weighted by molar-refractivity contribution is 7.99. The highest BCUT2D eigenvalue weighted by Crippen LogP contribution is 2.36. The Morgan fingerprint density at radius 1 is 1.19 bits per heavy atom. The summed E-state index contributed by atoms with van der Waals surface area (Å²) in [6, 6.07) is 5.11. The molecular weight excluding hydrogens is 321 g/mol. The molecule has 0 fully saturated rings. The second-order valence-electron chi connectivity index (χ2n) is 4.27. The van der Waals surface area contributed by atoms with E-state index in [4.69, 9.17) is 4.42 Å². The van der Waals surface area contributed by atoms with Crippen LogP contribution in [0.4, 0.5) is 13.2 Å². The quantitative estimate of drug-likeness (QED) is 0.734. The zero-order valence-corrected chi connectivity index (χ0v) is 13.0. The minimum atomic E-state index is -4.31. The third-order valence-electron chi connectivity index (χ3n) is 2.70. The van der Waals surface area contributed by atoms with Crippen LogP contribution in [0.2, 0.25) is 0 Å². The van der Waals surface area contributed by atoms with E-state index in [1.807, 2.05) is 13.2 Å². The van der Waals surface area contributed by atoms with Gasteiger partial charge in [-0.15, -0.1) is 10.2 Å². The standard InChI is InChI=1S/C13H13F3N2OS2/c1-8(21-12-18-17-11(19-12)7-20-2)9-3-5-10(6-4-9)13(14,15)16/h3-6,8H,7H2,1-2H3/t8-/m0/s1. The highest BCUT2D eigenvalue weighted by Gasteiger charge is 2.30. The zero-order chi connectivity index (χ0) is 15.5. The highest BCUT2D eigenvalue weighted by atomic mass is 32.2. The van der Waals surface area contributed by atoms with Crippen LogP contribution < -0.4 is 0 Å². The largest absolute Gasteiger partial charge is 0.416 e. The van der Waals surface area contributed by atoms with Crippen molar-refractivity contribution in [3.63, 3.8) is 0 Å². The van der Waals surface area contributed by atoms with Crippen molar-refractivity contribution in [1.29, 1.82) is 0 Å². The topological polar surface area (TPSA) is 38.9 Å². The van der Waals surface area contributed by atoms with Crippen molar-refractivity contribution >= 4 is 23.5 Å². The molecule has 0 aliphatic carbocycles. The fraction of sp³-hybridized carbons (Fsp3) is 0.385. The molecule has 0 N–H and O–H groups in total. The molecule has 0 saturated heterocycles. The third kappa shape index (κ3) is 4.41. The molecule has 0 radical (unpaired) electrons. The van der Waals surface area contributed by atoms with Crippen LogP contribution >= 0.6 is 23.5 Å². The Bertz CT molecular complexity index is 584. The average Bonchev–Trinajstić information content (AvgIpc) is 2.86. The number of rotatable bonds is 5. The second-order valence-corrected chi connectivity index (χ2v) is 6.43. The molecule has 2 rings (SSSR count). The Labute approximate surface area is 128 Å². The van der Waals surface area contributed by atoms with Crippen LogP contribution in [-0.4, -0.2) is 16.5 Å². The number of benzene rings is 1. The van der Waals surface area contributed by atoms with Gasteiger partial charge in [0.25, 0.3) is 5.22 Å². The monoisotopic (exact) mass is 334 g/mol. The van der Waals surface area contributed by atoms with Crippen molar-refractivity contribution < 1.29 is 17.6 Å². The van der Waals surface area contributed by atoms with E-state index < -0.39 is 11.7 Å². The first-order valence-corrected chi connectivity index (χ1v) is 8.32. The third-order valence-corrected chi connectivity index (χ3v) is 4.23. The van der Waals surface area contributed by atoms with Gasteiger partial charge in [-0.05, 0) is 30.9 Å². The van der Waals surface area contributed by atoms with Gasteiger partial charge >= 0.3 is 6.18 Å². The minimum Gasteiger partial charge on any atom is -0.415 e. The first kappa shape index (κ1) is 16.2. The van der Waals surface area contributed by atoms with E-state index in [0.29, 0.717) is 16.9 Å². The first-order chi connectivity index (χ1) is 9.90. The molecule has 8 heteroatoms. The molecule has 21 heavy (non-hydrogen) atoms. The van der Waals surface area contributed by atoms with Crippen LogP contribution in [0.3, 0.4) is 0 Å². The Morgan fingerprint density at radius 3 is 2.43 bits per heavy atom. The van der Waals surface area contributed by atoms with E-state index in [-0.39, 0.29) is 5.25 Å². The summed E-state index contributed by atoms with van der Waals surface area (Å²) >= 11 is 2.90. The van der Waals surface area contributed by atoms with Crippen LogP contribution in [0.5, 0.6) is 0 Å². The SMILES string of the molecule is CSCc1nnc(S[C@@H](C)c2ccc(C(F)(F)F)cc2)o1. The molecule has 0 spiro atoms. The lowest BCUT2D eigenvalue weighted by molar-refractivity contribution is -0.137. The van der Waals surface area contributed by atoms with E-state index in [9.17, 15) is 13.2 Å². The predicted octanol–water partition coefficient (Wildman–Crippen LogP) is 4.80. The first-order valence-electron chi connectivity index (χ1n) is 6.05. The molecule has 1 aromatic carbocycles. The lowest BCUT2D eigenvalue weighted by Crippen LogP contribution is -2.04. The van der Waals surface area contributed by atoms with Crippen LogP contribution in [0.15, 0.2) is 33.9 Å². The van der Waals surface area contributed by atoms with Gasteiger partial charge in [0.1, 0.15) is 0 Å². The number of hydrogen-bond donors (Lipinski definition) is 0. The molecule has 114 valence electrons. The molecule has 0 amide bonds. The molecule has 1 heterocycles. The lowest BCUT2D eigenvalue weighted by atomic mass is 10.1. The van der Waals surface area contributed by atoms with Gasteiger partial charge < -0.3 is 4.42 Å². The van der Waals surface area contributed by atoms with Gasteiger partial charge in [0, 0.05) is 5.25 Å². The number of nitrogens with zero attached hydrogens (tertiary/aromatic N) is 2. The predicted molar refractivity (Wildman–Crippen MR) is 77.2 cm³/mol. The second kappa shape index (κ2) is 6.74. The minimum absolute atomic E-state index is 0.0742. The van der Waals surface area contributed by atoms with Gasteiger partial charge in [0.05, 0.1) is 11.3 Å². The Hall–Kier alpha value is -1.15. The van der Waals surface area contributed by atoms with Gasteiger partial charge in [-0.2, -0.15) is 24.9 Å². The Morgan fingerprint density at radius 2 is 1.86 bits per heavy atom. The Kier molecular flexibility index (Phi) is 5.21. The van der Waals surface area contributed by atoms with E-state index >= 15 is 0 Å². The summed E-state index contributed by atoms with van der Waals surface area (Å²) < 4.78 is 42.9. The van der Waals surface area contributed by atoms with Crippen molar-refractivity contribution in [3.8, 4) is 0 Å². The summed E-state index contributed by atoms with van der Waals surface area (Å²) in [7, 11) is 0. The normalized spacial score (nSPS) is 13.4. The summed E-state index contributed by atoms with van der Waals surface area (Å²) in [6.45, 7) is 1.88. The van der Waals surface area contributed by atoms with Crippen LogP contribution in [0, 0.1) is 0 Å². The molecule has 1 aromatic heterocycles. The molecular formula is C13H13F3N2OS2. The van der Waals surface area contributed by atoms with Crippen molar-refractivity contribution in [2.24, 2.45) is 0 Å². The maximum absolute atomic E-state index is 12.5. The van der Waals surface area contributed by atoms with Gasteiger partial charge in [0.2, 0.25) is 5.89 Å². The summed E-state index contributed by atoms with van der Waals surface area (Å²) in [6.07, 6.45) is -2.38. The fourth-order valence-corrected chi connectivity index (χ4v) is 2.82. The van der Waals surface area contributed by atoms with Crippen molar-refractivity contribution in [1.82, 2.24) is 10.2 Å². The van der Waals surface area contributed by atoms with E-state index in [1.165, 1.54) is 23.9 Å². The zero-order valence-electron chi connectivity index (χ0n) is 11.3. The van der Waals surface area contributed by atoms with Crippen LogP contribution in [0.1, 0.15) is 29.2 Å². The molecule has 0 aliphatic heterocycles. The van der Waals surface area contributed by atoms with Gasteiger partial charge in [-0.3, -0.25) is 0 Å². The maximum Gasteiger partial charge on any atom is 0.416 e. The fourth-order valence-electron chi connectivity index (χ4n) is 1.63. The summed E-state index contributed by atoms with van der Waals surface area (Å²) in [4.78, 5) is 0. The van der Waals surface area contributed by atoms with Gasteiger partial charge in [-0.1, -0.05) is 23.9 Å². The van der Waals surface area contributed by atoms with E-state index in [2.05, 4.69) is 10.2 Å². The average molecular weight is 334 g/mol. The van der Waals surface area contributed by atoms with E-state index in [0.717, 1.165) is 17.7 Å². The number of alkyl halides is 3. The smallest absolute Gasteiger partial charge is 0.415 e. The number of hydrogen-bond acceptors (Lipinski definition) is 5. The van der Waals surface area contributed by atoms with E-state index in [1.54, 1.807) is 11.8 Å². The summed E-state index contributed by atoms with van der Waals surface area (Å²) in [5.74, 6) is 1.19. The lowest BCUT2D eigenvalue weighted by Gasteiger charge is -2.11. The number of aromatic nitrogens is 2. The molecule has 0 saturated carbocycles. The molecule has 2 aromatic rings. The number of thioether (sulfide) groups is 2. The van der Waals surface area contributed by atoms with Crippen LogP contribution in [-0.2, 0) is 11.9 Å². The molecule has 0 unspecified atom stereocenters. The van der Waals surface area contributed by atoms with Crippen molar-refractivity contribution in [2.75, 3.05) is 6.26 Å². The Balaban J connectivity index is 2.04. The van der Waals surface area contributed by atoms with Crippen molar-refractivity contribution in [2.45, 2.75) is 29.3 Å². The molecule has 1 atom stereocenters. The van der Waals surface area contributed by atoms with Gasteiger partial charge in [0.15, 0.2) is 0 Å². The van der Waals surface area contributed by atoms with Crippen LogP contribution in [0.25, 0.3) is 0 Å². The molecule has 0 bridgehead atoms. The maximum atomic E-state index is 12.5. The summed E-state index contributed by atoms with van der Waals surface area (Å²) in [5.41, 5.74) is 0.126. The van der Waals surface area contributed by atoms with Crippen molar-refractivity contribution in [3.05, 3.63) is 41.3 Å². The molecule has 0 aliphatic rings. The summed E-state index contributed by atoms with van der Waals surface area (Å²) in [5, 5.41) is 8.15.